The Morgan fingerprint density at radius 2 is 2.14 bits per heavy atom. The summed E-state index contributed by atoms with van der Waals surface area (Å²) in [5.41, 5.74) is 2.17. The minimum atomic E-state index is -0.268. The molecule has 0 saturated heterocycles. The van der Waals surface area contributed by atoms with Gasteiger partial charge in [-0.3, -0.25) is 14.9 Å². The molecule has 0 radical (unpaired) electrons. The van der Waals surface area contributed by atoms with Crippen molar-refractivity contribution in [1.82, 2.24) is 9.88 Å². The van der Waals surface area contributed by atoms with Crippen LogP contribution in [0.3, 0.4) is 0 Å². The lowest BCUT2D eigenvalue weighted by Gasteiger charge is -2.24. The van der Waals surface area contributed by atoms with Crippen LogP contribution in [0.2, 0.25) is 5.02 Å². The third-order valence-corrected chi connectivity index (χ3v) is 5.70. The molecule has 8 heteroatoms. The molecule has 1 N–H and O–H groups in total. The molecule has 1 aliphatic heterocycles. The number of furan rings is 1. The number of anilines is 1. The fourth-order valence-electron chi connectivity index (χ4n) is 2.88. The topological polar surface area (TPSA) is 75.4 Å². The van der Waals surface area contributed by atoms with E-state index in [0.29, 0.717) is 35.2 Å². The highest BCUT2D eigenvalue weighted by Crippen LogP contribution is 2.29. The maximum Gasteiger partial charge on any atom is 0.260 e. The van der Waals surface area contributed by atoms with Crippen LogP contribution in [0.4, 0.5) is 5.13 Å². The van der Waals surface area contributed by atoms with Crippen LogP contribution < -0.4 is 5.32 Å². The fraction of sp³-hybridized carbons (Fsp3) is 0.150. The van der Waals surface area contributed by atoms with Gasteiger partial charge in [0.15, 0.2) is 5.13 Å². The van der Waals surface area contributed by atoms with Crippen molar-refractivity contribution in [2.75, 3.05) is 11.9 Å². The third kappa shape index (κ3) is 4.00. The highest BCUT2D eigenvalue weighted by molar-refractivity contribution is 7.15. The van der Waals surface area contributed by atoms with E-state index in [9.17, 15) is 9.59 Å². The molecule has 2 aromatic heterocycles. The lowest BCUT2D eigenvalue weighted by molar-refractivity contribution is -0.126. The molecule has 3 heterocycles. The summed E-state index contributed by atoms with van der Waals surface area (Å²) in [6, 6.07) is 8.96. The zero-order valence-electron chi connectivity index (χ0n) is 14.7. The first-order valence-corrected chi connectivity index (χ1v) is 9.83. The van der Waals surface area contributed by atoms with E-state index in [1.807, 2.05) is 18.2 Å². The predicted octanol–water partition coefficient (Wildman–Crippen LogP) is 4.24. The maximum atomic E-state index is 12.5. The van der Waals surface area contributed by atoms with Crippen LogP contribution in [0, 0.1) is 0 Å². The van der Waals surface area contributed by atoms with Crippen LogP contribution in [-0.4, -0.2) is 28.2 Å². The Labute approximate surface area is 170 Å². The standard InChI is InChI=1S/C20H16ClN3O3S/c21-15-4-2-1-3-13(15)5-6-18(25)24-9-7-16-17(11-24)28-20(22-16)23-19(26)14-8-10-27-12-14/h1-6,8,10,12H,7,9,11H2,(H,22,23,26). The highest BCUT2D eigenvalue weighted by atomic mass is 35.5. The molecule has 6 nitrogen and oxygen atoms in total. The van der Waals surface area contributed by atoms with E-state index in [0.717, 1.165) is 16.1 Å². The minimum absolute atomic E-state index is 0.0806. The van der Waals surface area contributed by atoms with Crippen molar-refractivity contribution in [2.24, 2.45) is 0 Å². The van der Waals surface area contributed by atoms with Crippen LogP contribution in [0.25, 0.3) is 6.08 Å². The first-order valence-electron chi connectivity index (χ1n) is 8.64. The second-order valence-electron chi connectivity index (χ2n) is 6.22. The molecule has 0 atom stereocenters. The summed E-state index contributed by atoms with van der Waals surface area (Å²) in [7, 11) is 0. The number of benzene rings is 1. The number of amides is 2. The molecule has 0 fully saturated rings. The van der Waals surface area contributed by atoms with Crippen LogP contribution in [0.5, 0.6) is 0 Å². The molecule has 0 aliphatic carbocycles. The number of fused-ring (bicyclic) bond motifs is 1. The second kappa shape index (κ2) is 8.00. The van der Waals surface area contributed by atoms with E-state index in [4.69, 9.17) is 16.0 Å². The normalized spacial score (nSPS) is 13.5. The lowest BCUT2D eigenvalue weighted by atomic mass is 10.1. The zero-order chi connectivity index (χ0) is 19.5. The van der Waals surface area contributed by atoms with Gasteiger partial charge in [0.05, 0.1) is 24.1 Å². The van der Waals surface area contributed by atoms with Crippen LogP contribution in [0.1, 0.15) is 26.5 Å². The van der Waals surface area contributed by atoms with E-state index in [-0.39, 0.29) is 11.8 Å². The lowest BCUT2D eigenvalue weighted by Crippen LogP contribution is -2.34. The number of rotatable bonds is 4. The molecule has 0 saturated carbocycles. The number of nitrogens with one attached hydrogen (secondary N) is 1. The molecule has 142 valence electrons. The Kier molecular flexibility index (Phi) is 5.27. The molecular weight excluding hydrogens is 398 g/mol. The summed E-state index contributed by atoms with van der Waals surface area (Å²) in [5, 5.41) is 3.90. The van der Waals surface area contributed by atoms with Gasteiger partial charge in [0.25, 0.3) is 5.91 Å². The average Bonchev–Trinajstić information content (AvgIpc) is 3.36. The summed E-state index contributed by atoms with van der Waals surface area (Å²) in [5.74, 6) is -0.349. The van der Waals surface area contributed by atoms with Gasteiger partial charge in [0.1, 0.15) is 6.26 Å². The van der Waals surface area contributed by atoms with Crippen molar-refractivity contribution in [3.63, 3.8) is 0 Å². The third-order valence-electron chi connectivity index (χ3n) is 4.36. The van der Waals surface area contributed by atoms with E-state index in [1.54, 1.807) is 23.1 Å². The van der Waals surface area contributed by atoms with Crippen molar-refractivity contribution in [3.8, 4) is 0 Å². The maximum absolute atomic E-state index is 12.5. The molecule has 0 unspecified atom stereocenters. The first-order chi connectivity index (χ1) is 13.6. The molecule has 2 amide bonds. The van der Waals surface area contributed by atoms with Gasteiger partial charge in [-0.1, -0.05) is 41.1 Å². The largest absolute Gasteiger partial charge is 0.472 e. The fourth-order valence-corrected chi connectivity index (χ4v) is 4.09. The number of hydrogen-bond acceptors (Lipinski definition) is 5. The average molecular weight is 414 g/mol. The van der Waals surface area contributed by atoms with Crippen LogP contribution in [0.15, 0.2) is 53.4 Å². The first kappa shape index (κ1) is 18.5. The molecule has 28 heavy (non-hydrogen) atoms. The van der Waals surface area contributed by atoms with Crippen molar-refractivity contribution in [2.45, 2.75) is 13.0 Å². The molecule has 3 aromatic rings. The van der Waals surface area contributed by atoms with E-state index in [2.05, 4.69) is 10.3 Å². The number of nitrogens with zero attached hydrogens (tertiary/aromatic N) is 2. The van der Waals surface area contributed by atoms with Gasteiger partial charge in [-0.25, -0.2) is 4.98 Å². The number of carbonyl (C=O) groups excluding carboxylic acids is 2. The van der Waals surface area contributed by atoms with Crippen molar-refractivity contribution in [1.29, 1.82) is 0 Å². The summed E-state index contributed by atoms with van der Waals surface area (Å²) in [4.78, 5) is 31.9. The van der Waals surface area contributed by atoms with E-state index in [1.165, 1.54) is 29.9 Å². The van der Waals surface area contributed by atoms with Gasteiger partial charge in [0.2, 0.25) is 5.91 Å². The Morgan fingerprint density at radius 1 is 1.29 bits per heavy atom. The number of aromatic nitrogens is 1. The highest BCUT2D eigenvalue weighted by Gasteiger charge is 2.23. The minimum Gasteiger partial charge on any atom is -0.472 e. The van der Waals surface area contributed by atoms with Gasteiger partial charge in [-0.05, 0) is 23.8 Å². The zero-order valence-corrected chi connectivity index (χ0v) is 16.3. The molecule has 4 rings (SSSR count). The van der Waals surface area contributed by atoms with Crippen LogP contribution >= 0.6 is 22.9 Å². The Balaban J connectivity index is 1.42. The Hall–Kier alpha value is -2.90. The number of halogens is 1. The summed E-state index contributed by atoms with van der Waals surface area (Å²) >= 11 is 7.50. The van der Waals surface area contributed by atoms with Gasteiger partial charge >= 0.3 is 0 Å². The SMILES string of the molecule is O=C(Nc1nc2c(s1)CN(C(=O)C=Cc1ccccc1Cl)CC2)c1ccoc1. The van der Waals surface area contributed by atoms with Crippen LogP contribution in [-0.2, 0) is 17.8 Å². The van der Waals surface area contributed by atoms with Gasteiger partial charge in [0, 0.05) is 28.9 Å². The monoisotopic (exact) mass is 413 g/mol. The Morgan fingerprint density at radius 3 is 2.93 bits per heavy atom. The van der Waals surface area contributed by atoms with Gasteiger partial charge in [-0.15, -0.1) is 0 Å². The van der Waals surface area contributed by atoms with E-state index < -0.39 is 0 Å². The van der Waals surface area contributed by atoms with Gasteiger partial charge in [-0.2, -0.15) is 0 Å². The van der Waals surface area contributed by atoms with Crippen molar-refractivity contribution < 1.29 is 14.0 Å². The Bertz CT molecular complexity index is 1040. The molecule has 1 aliphatic rings. The quantitative estimate of drug-likeness (QED) is 0.649. The molecule has 0 spiro atoms. The second-order valence-corrected chi connectivity index (χ2v) is 7.71. The smallest absolute Gasteiger partial charge is 0.260 e. The molecule has 1 aromatic carbocycles. The molecule has 0 bridgehead atoms. The molecular formula is C20H16ClN3O3S. The van der Waals surface area contributed by atoms with E-state index >= 15 is 0 Å². The summed E-state index contributed by atoms with van der Waals surface area (Å²) < 4.78 is 4.92. The summed E-state index contributed by atoms with van der Waals surface area (Å²) in [6.45, 7) is 1.05. The summed E-state index contributed by atoms with van der Waals surface area (Å²) in [6.07, 6.45) is 6.74. The predicted molar refractivity (Wildman–Crippen MR) is 108 cm³/mol. The van der Waals surface area contributed by atoms with Gasteiger partial charge < -0.3 is 9.32 Å². The van der Waals surface area contributed by atoms with Crippen molar-refractivity contribution >= 4 is 46.0 Å². The number of carbonyl (C=O) groups is 2. The number of thiazole rings is 1. The van der Waals surface area contributed by atoms with Crippen molar-refractivity contribution in [3.05, 3.63) is 75.7 Å². The number of hydrogen-bond donors (Lipinski definition) is 1.